The normalized spacial score (nSPS) is 11.8. The average Bonchev–Trinajstić information content (AvgIpc) is 2.45. The molecule has 0 aromatic heterocycles. The molecule has 0 N–H and O–H groups in total. The highest BCUT2D eigenvalue weighted by Gasteiger charge is 2.32. The summed E-state index contributed by atoms with van der Waals surface area (Å²) in [6, 6.07) is 12.2. The van der Waals surface area contributed by atoms with Gasteiger partial charge in [-0.3, -0.25) is 0 Å². The second-order valence-electron chi connectivity index (χ2n) is 4.18. The molecule has 0 aliphatic carbocycles. The Labute approximate surface area is 124 Å². The Kier molecular flexibility index (Phi) is 4.85. The van der Waals surface area contributed by atoms with Crippen molar-refractivity contribution in [2.45, 2.75) is 12.8 Å². The molecular weight excluding hydrogens is 303 g/mol. The molecule has 0 aliphatic rings. The van der Waals surface area contributed by atoms with Crippen LogP contribution >= 0.6 is 11.6 Å². The lowest BCUT2D eigenvalue weighted by atomic mass is 10.1. The fourth-order valence-electron chi connectivity index (χ4n) is 1.70. The summed E-state index contributed by atoms with van der Waals surface area (Å²) in [4.78, 5) is 4.93. The van der Waals surface area contributed by atoms with Crippen LogP contribution in [0.4, 0.5) is 13.2 Å². The van der Waals surface area contributed by atoms with Gasteiger partial charge in [0.15, 0.2) is 0 Å². The Bertz CT molecular complexity index is 641. The lowest BCUT2D eigenvalue weighted by Crippen LogP contribution is -2.09. The van der Waals surface area contributed by atoms with E-state index in [0.717, 1.165) is 6.07 Å². The third-order valence-electron chi connectivity index (χ3n) is 2.71. The van der Waals surface area contributed by atoms with Crippen molar-refractivity contribution in [2.24, 2.45) is 5.16 Å². The first kappa shape index (κ1) is 15.4. The highest BCUT2D eigenvalue weighted by atomic mass is 35.5. The number of rotatable bonds is 4. The fourth-order valence-corrected chi connectivity index (χ4v) is 1.89. The number of halogens is 4. The minimum atomic E-state index is -4.41. The predicted molar refractivity (Wildman–Crippen MR) is 75.3 cm³/mol. The quantitative estimate of drug-likeness (QED) is 0.580. The van der Waals surface area contributed by atoms with Crippen LogP contribution in [0.25, 0.3) is 0 Å². The second kappa shape index (κ2) is 6.63. The standard InChI is InChI=1S/C15H11ClF3NO/c16-14-8-4-2-5-11(14)9-20-21-10-12-6-1-3-7-13(12)15(17,18)19/h1-9H,10H2. The van der Waals surface area contributed by atoms with Crippen LogP contribution in [-0.4, -0.2) is 6.21 Å². The van der Waals surface area contributed by atoms with E-state index in [1.165, 1.54) is 24.4 Å². The lowest BCUT2D eigenvalue weighted by Gasteiger charge is -2.11. The maximum Gasteiger partial charge on any atom is 0.416 e. The molecule has 2 nitrogen and oxygen atoms in total. The van der Waals surface area contributed by atoms with Gasteiger partial charge in [-0.15, -0.1) is 0 Å². The van der Waals surface area contributed by atoms with Crippen LogP contribution in [0.2, 0.25) is 5.02 Å². The van der Waals surface area contributed by atoms with Gasteiger partial charge in [0.05, 0.1) is 11.8 Å². The molecule has 21 heavy (non-hydrogen) atoms. The molecular formula is C15H11ClF3NO. The van der Waals surface area contributed by atoms with E-state index < -0.39 is 11.7 Å². The van der Waals surface area contributed by atoms with Crippen LogP contribution in [0.5, 0.6) is 0 Å². The molecule has 0 atom stereocenters. The molecule has 2 aromatic carbocycles. The van der Waals surface area contributed by atoms with Crippen molar-refractivity contribution in [3.8, 4) is 0 Å². The zero-order valence-corrected chi connectivity index (χ0v) is 11.5. The Balaban J connectivity index is 2.03. The number of alkyl halides is 3. The number of hydrogen-bond donors (Lipinski definition) is 0. The molecule has 0 saturated heterocycles. The van der Waals surface area contributed by atoms with Gasteiger partial charge < -0.3 is 4.84 Å². The average molecular weight is 314 g/mol. The van der Waals surface area contributed by atoms with Gasteiger partial charge in [0.25, 0.3) is 0 Å². The first-order valence-corrected chi connectivity index (χ1v) is 6.41. The summed E-state index contributed by atoms with van der Waals surface area (Å²) in [5.41, 5.74) is -0.0671. The van der Waals surface area contributed by atoms with Crippen molar-refractivity contribution < 1.29 is 18.0 Å². The Morgan fingerprint density at radius 1 is 1.05 bits per heavy atom. The second-order valence-corrected chi connectivity index (χ2v) is 4.59. The summed E-state index contributed by atoms with van der Waals surface area (Å²) < 4.78 is 38.3. The van der Waals surface area contributed by atoms with Gasteiger partial charge in [-0.25, -0.2) is 0 Å². The monoisotopic (exact) mass is 313 g/mol. The van der Waals surface area contributed by atoms with Crippen molar-refractivity contribution in [3.05, 3.63) is 70.2 Å². The molecule has 6 heteroatoms. The van der Waals surface area contributed by atoms with Crippen molar-refractivity contribution in [2.75, 3.05) is 0 Å². The van der Waals surface area contributed by atoms with E-state index in [1.54, 1.807) is 24.3 Å². The van der Waals surface area contributed by atoms with E-state index >= 15 is 0 Å². The van der Waals surface area contributed by atoms with Gasteiger partial charge in [-0.05, 0) is 12.1 Å². The molecule has 0 amide bonds. The maximum absolute atomic E-state index is 12.8. The van der Waals surface area contributed by atoms with Crippen LogP contribution in [0.1, 0.15) is 16.7 Å². The van der Waals surface area contributed by atoms with Gasteiger partial charge in [0.1, 0.15) is 6.61 Å². The van der Waals surface area contributed by atoms with Crippen LogP contribution in [-0.2, 0) is 17.6 Å². The Morgan fingerprint density at radius 3 is 2.43 bits per heavy atom. The van der Waals surface area contributed by atoms with Gasteiger partial charge in [-0.1, -0.05) is 53.2 Å². The van der Waals surface area contributed by atoms with Crippen molar-refractivity contribution in [1.29, 1.82) is 0 Å². The first-order valence-electron chi connectivity index (χ1n) is 6.03. The third kappa shape index (κ3) is 4.23. The summed E-state index contributed by atoms with van der Waals surface area (Å²) in [6.45, 7) is -0.267. The minimum absolute atomic E-state index is 0.0290. The molecule has 0 aliphatic heterocycles. The predicted octanol–water partition coefficient (Wildman–Crippen LogP) is 4.91. The SMILES string of the molecule is FC(F)(F)c1ccccc1CON=Cc1ccccc1Cl. The number of oxime groups is 1. The van der Waals surface area contributed by atoms with E-state index in [0.29, 0.717) is 10.6 Å². The molecule has 0 saturated carbocycles. The van der Waals surface area contributed by atoms with Gasteiger partial charge in [0, 0.05) is 16.1 Å². The lowest BCUT2D eigenvalue weighted by molar-refractivity contribution is -0.138. The minimum Gasteiger partial charge on any atom is -0.391 e. The van der Waals surface area contributed by atoms with Crippen molar-refractivity contribution >= 4 is 17.8 Å². The van der Waals surface area contributed by atoms with E-state index in [1.807, 2.05) is 0 Å². The molecule has 0 radical (unpaired) electrons. The Morgan fingerprint density at radius 2 is 1.71 bits per heavy atom. The summed E-state index contributed by atoms with van der Waals surface area (Å²) in [5.74, 6) is 0. The zero-order chi connectivity index (χ0) is 15.3. The molecule has 2 aromatic rings. The highest BCUT2D eigenvalue weighted by molar-refractivity contribution is 6.33. The zero-order valence-electron chi connectivity index (χ0n) is 10.8. The first-order chi connectivity index (χ1) is 9.98. The molecule has 0 bridgehead atoms. The topological polar surface area (TPSA) is 21.6 Å². The van der Waals surface area contributed by atoms with E-state index in [4.69, 9.17) is 16.4 Å². The van der Waals surface area contributed by atoms with E-state index in [2.05, 4.69) is 5.16 Å². The van der Waals surface area contributed by atoms with Crippen molar-refractivity contribution in [1.82, 2.24) is 0 Å². The number of hydrogen-bond acceptors (Lipinski definition) is 2. The van der Waals surface area contributed by atoms with Crippen LogP contribution in [0, 0.1) is 0 Å². The van der Waals surface area contributed by atoms with Gasteiger partial charge in [-0.2, -0.15) is 13.2 Å². The highest BCUT2D eigenvalue weighted by Crippen LogP contribution is 2.32. The summed E-state index contributed by atoms with van der Waals surface area (Å²) in [7, 11) is 0. The third-order valence-corrected chi connectivity index (χ3v) is 3.06. The largest absolute Gasteiger partial charge is 0.416 e. The molecule has 0 spiro atoms. The van der Waals surface area contributed by atoms with E-state index in [9.17, 15) is 13.2 Å². The molecule has 0 fully saturated rings. The van der Waals surface area contributed by atoms with Crippen LogP contribution < -0.4 is 0 Å². The summed E-state index contributed by atoms with van der Waals surface area (Å²) in [5, 5.41) is 4.13. The van der Waals surface area contributed by atoms with Gasteiger partial charge >= 0.3 is 6.18 Å². The van der Waals surface area contributed by atoms with E-state index in [-0.39, 0.29) is 12.2 Å². The van der Waals surface area contributed by atoms with Crippen molar-refractivity contribution in [3.63, 3.8) is 0 Å². The fraction of sp³-hybridized carbons (Fsp3) is 0.133. The molecule has 0 unspecified atom stereocenters. The maximum atomic E-state index is 12.8. The molecule has 0 heterocycles. The number of nitrogens with zero attached hydrogens (tertiary/aromatic N) is 1. The summed E-state index contributed by atoms with van der Waals surface area (Å²) in [6.07, 6.45) is -3.05. The van der Waals surface area contributed by atoms with Crippen LogP contribution in [0.3, 0.4) is 0 Å². The molecule has 110 valence electrons. The van der Waals surface area contributed by atoms with Crippen LogP contribution in [0.15, 0.2) is 53.7 Å². The number of benzene rings is 2. The molecule has 2 rings (SSSR count). The summed E-state index contributed by atoms with van der Waals surface area (Å²) >= 11 is 5.91. The smallest absolute Gasteiger partial charge is 0.391 e. The Hall–Kier alpha value is -2.01. The van der Waals surface area contributed by atoms with Gasteiger partial charge in [0.2, 0.25) is 0 Å².